The van der Waals surface area contributed by atoms with E-state index >= 15 is 0 Å². The highest BCUT2D eigenvalue weighted by Gasteiger charge is 2.38. The van der Waals surface area contributed by atoms with Gasteiger partial charge in [-0.25, -0.2) is 4.39 Å². The maximum absolute atomic E-state index is 13.8. The summed E-state index contributed by atoms with van der Waals surface area (Å²) in [4.78, 5) is 27.4. The molecule has 2 atom stereocenters. The zero-order valence-corrected chi connectivity index (χ0v) is 16.2. The van der Waals surface area contributed by atoms with E-state index < -0.39 is 18.0 Å². The van der Waals surface area contributed by atoms with Crippen LogP contribution >= 0.6 is 27.3 Å². The van der Waals surface area contributed by atoms with Crippen molar-refractivity contribution in [3.8, 4) is 0 Å². The highest BCUT2D eigenvalue weighted by atomic mass is 79.9. The fourth-order valence-electron chi connectivity index (χ4n) is 2.98. The van der Waals surface area contributed by atoms with Crippen LogP contribution in [0.25, 0.3) is 0 Å². The third kappa shape index (κ3) is 4.31. The van der Waals surface area contributed by atoms with Crippen LogP contribution in [0.15, 0.2) is 40.2 Å². The molecule has 2 amide bonds. The molecule has 5 nitrogen and oxygen atoms in total. The van der Waals surface area contributed by atoms with Gasteiger partial charge in [-0.1, -0.05) is 18.2 Å². The molecule has 8 heteroatoms. The first kappa shape index (κ1) is 19.0. The molecule has 0 spiro atoms. The van der Waals surface area contributed by atoms with Gasteiger partial charge in [-0.3, -0.25) is 9.59 Å². The van der Waals surface area contributed by atoms with E-state index in [0.717, 1.165) is 9.35 Å². The molecule has 138 valence electrons. The average Bonchev–Trinajstić information content (AvgIpc) is 3.20. The quantitative estimate of drug-likeness (QED) is 0.749. The molecule has 2 unspecified atom stereocenters. The molecule has 26 heavy (non-hydrogen) atoms. The number of thiophene rings is 1. The molecule has 1 aromatic heterocycles. The van der Waals surface area contributed by atoms with E-state index in [1.165, 1.54) is 22.3 Å². The summed E-state index contributed by atoms with van der Waals surface area (Å²) in [5.41, 5.74) is 0.278. The van der Waals surface area contributed by atoms with Gasteiger partial charge in [0, 0.05) is 22.3 Å². The summed E-state index contributed by atoms with van der Waals surface area (Å²) in [5, 5.41) is 14.7. The number of benzene rings is 1. The van der Waals surface area contributed by atoms with Crippen molar-refractivity contribution >= 4 is 39.1 Å². The number of halogens is 2. The number of nitrogens with one attached hydrogen (secondary N) is 1. The lowest BCUT2D eigenvalue weighted by molar-refractivity contribution is -0.138. The normalized spacial score (nSPS) is 19.6. The third-order valence-electron chi connectivity index (χ3n) is 4.32. The molecule has 0 aliphatic carbocycles. The van der Waals surface area contributed by atoms with Crippen LogP contribution in [0.4, 0.5) is 4.39 Å². The fraction of sp³-hybridized carbons (Fsp3) is 0.333. The predicted molar refractivity (Wildman–Crippen MR) is 100 cm³/mol. The van der Waals surface area contributed by atoms with Crippen LogP contribution in [0.5, 0.6) is 0 Å². The Kier molecular flexibility index (Phi) is 6.05. The van der Waals surface area contributed by atoms with Crippen LogP contribution in [0.3, 0.4) is 0 Å². The molecule has 2 aromatic rings. The van der Waals surface area contributed by atoms with Crippen molar-refractivity contribution in [1.82, 2.24) is 10.2 Å². The van der Waals surface area contributed by atoms with Gasteiger partial charge in [-0.05, 0) is 39.0 Å². The summed E-state index contributed by atoms with van der Waals surface area (Å²) in [6.45, 7) is 0.424. The second-order valence-electron chi connectivity index (χ2n) is 6.13. The number of aliphatic hydroxyl groups is 1. The number of hydrogen-bond donors (Lipinski definition) is 2. The molecular weight excluding hydrogens is 423 g/mol. The Morgan fingerprint density at radius 3 is 2.81 bits per heavy atom. The molecule has 1 aromatic carbocycles. The Morgan fingerprint density at radius 1 is 1.35 bits per heavy atom. The van der Waals surface area contributed by atoms with Crippen molar-refractivity contribution in [2.24, 2.45) is 0 Å². The standard InChI is InChI=1S/C18H18BrFN2O3S/c19-13-5-6-26-16(13)9-21-18(25)15-8-12(23)10-22(15)17(24)7-11-3-1-2-4-14(11)20/h1-6,12,15,23H,7-10H2,(H,21,25). The molecule has 2 N–H and O–H groups in total. The van der Waals surface area contributed by atoms with Gasteiger partial charge in [0.2, 0.25) is 11.8 Å². The molecule has 1 fully saturated rings. The van der Waals surface area contributed by atoms with Crippen molar-refractivity contribution in [2.45, 2.75) is 31.5 Å². The molecule has 3 rings (SSSR count). The lowest BCUT2D eigenvalue weighted by Gasteiger charge is -2.23. The van der Waals surface area contributed by atoms with Crippen LogP contribution in [0.1, 0.15) is 16.9 Å². The number of hydrogen-bond acceptors (Lipinski definition) is 4. The minimum absolute atomic E-state index is 0.0774. The lowest BCUT2D eigenvalue weighted by atomic mass is 10.1. The molecule has 1 aliphatic rings. The molecule has 0 radical (unpaired) electrons. The monoisotopic (exact) mass is 440 g/mol. The third-order valence-corrected chi connectivity index (χ3v) is 6.24. The van der Waals surface area contributed by atoms with Gasteiger partial charge >= 0.3 is 0 Å². The Hall–Kier alpha value is -1.77. The predicted octanol–water partition coefficient (Wildman–Crippen LogP) is 2.47. The van der Waals surface area contributed by atoms with Gasteiger partial charge in [0.05, 0.1) is 19.1 Å². The van der Waals surface area contributed by atoms with Crippen LogP contribution in [0.2, 0.25) is 0 Å². The van der Waals surface area contributed by atoms with Gasteiger partial charge in [0.1, 0.15) is 11.9 Å². The van der Waals surface area contributed by atoms with E-state index in [4.69, 9.17) is 0 Å². The summed E-state index contributed by atoms with van der Waals surface area (Å²) in [5.74, 6) is -1.14. The van der Waals surface area contributed by atoms with Crippen LogP contribution < -0.4 is 5.32 Å². The first-order valence-electron chi connectivity index (χ1n) is 8.16. The van der Waals surface area contributed by atoms with Gasteiger partial charge in [-0.2, -0.15) is 0 Å². The van der Waals surface area contributed by atoms with Crippen molar-refractivity contribution in [2.75, 3.05) is 6.54 Å². The Morgan fingerprint density at radius 2 is 2.12 bits per heavy atom. The van der Waals surface area contributed by atoms with Crippen LogP contribution in [0, 0.1) is 5.82 Å². The van der Waals surface area contributed by atoms with E-state index in [9.17, 15) is 19.1 Å². The lowest BCUT2D eigenvalue weighted by Crippen LogP contribution is -2.46. The summed E-state index contributed by atoms with van der Waals surface area (Å²) >= 11 is 4.92. The molecule has 0 bridgehead atoms. The number of amides is 2. The van der Waals surface area contributed by atoms with E-state index in [1.807, 2.05) is 11.4 Å². The van der Waals surface area contributed by atoms with Crippen molar-refractivity contribution in [3.05, 3.63) is 56.4 Å². The van der Waals surface area contributed by atoms with Gasteiger partial charge in [0.25, 0.3) is 0 Å². The average molecular weight is 441 g/mol. The maximum Gasteiger partial charge on any atom is 0.243 e. The minimum atomic E-state index is -0.760. The fourth-order valence-corrected chi connectivity index (χ4v) is 4.41. The van der Waals surface area contributed by atoms with Gasteiger partial charge < -0.3 is 15.3 Å². The van der Waals surface area contributed by atoms with Crippen molar-refractivity contribution < 1.29 is 19.1 Å². The van der Waals surface area contributed by atoms with Crippen LogP contribution in [-0.4, -0.2) is 40.5 Å². The zero-order valence-electron chi connectivity index (χ0n) is 13.8. The van der Waals surface area contributed by atoms with E-state index in [2.05, 4.69) is 21.2 Å². The minimum Gasteiger partial charge on any atom is -0.391 e. The first-order chi connectivity index (χ1) is 12.5. The Bertz CT molecular complexity index is 813. The molecule has 0 saturated carbocycles. The van der Waals surface area contributed by atoms with Crippen molar-refractivity contribution in [1.29, 1.82) is 0 Å². The second kappa shape index (κ2) is 8.28. The zero-order chi connectivity index (χ0) is 18.7. The van der Waals surface area contributed by atoms with Gasteiger partial charge in [0.15, 0.2) is 0 Å². The second-order valence-corrected chi connectivity index (χ2v) is 7.98. The maximum atomic E-state index is 13.8. The van der Waals surface area contributed by atoms with Crippen molar-refractivity contribution in [3.63, 3.8) is 0 Å². The topological polar surface area (TPSA) is 69.6 Å². The van der Waals surface area contributed by atoms with E-state index in [-0.39, 0.29) is 36.8 Å². The number of rotatable bonds is 5. The number of carbonyl (C=O) groups is 2. The molecule has 2 heterocycles. The SMILES string of the molecule is O=C(NCc1sccc1Br)C1CC(O)CN1C(=O)Cc1ccccc1F. The highest BCUT2D eigenvalue weighted by molar-refractivity contribution is 9.10. The number of carbonyl (C=O) groups excluding carboxylic acids is 2. The highest BCUT2D eigenvalue weighted by Crippen LogP contribution is 2.23. The Labute approximate surface area is 163 Å². The number of aliphatic hydroxyl groups excluding tert-OH is 1. The smallest absolute Gasteiger partial charge is 0.243 e. The summed E-state index contributed by atoms with van der Waals surface area (Å²) < 4.78 is 14.7. The van der Waals surface area contributed by atoms with Crippen LogP contribution in [-0.2, 0) is 22.6 Å². The molecule has 1 aliphatic heterocycles. The summed E-state index contributed by atoms with van der Waals surface area (Å²) in [6, 6.07) is 7.21. The van der Waals surface area contributed by atoms with E-state index in [1.54, 1.807) is 18.2 Å². The van der Waals surface area contributed by atoms with E-state index in [0.29, 0.717) is 6.54 Å². The molecule has 1 saturated heterocycles. The number of nitrogens with zero attached hydrogens (tertiary/aromatic N) is 1. The Balaban J connectivity index is 1.65. The number of β-amino-alcohol motifs (C(OH)–C–C–N with tert-alkyl or cyclic N) is 1. The first-order valence-corrected chi connectivity index (χ1v) is 9.83. The largest absolute Gasteiger partial charge is 0.391 e. The molecular formula is C18H18BrFN2O3S. The summed E-state index contributed by atoms with van der Waals surface area (Å²) in [6.07, 6.45) is -0.719. The number of likely N-dealkylation sites (tertiary alicyclic amines) is 1. The van der Waals surface area contributed by atoms with Gasteiger partial charge in [-0.15, -0.1) is 11.3 Å². The summed E-state index contributed by atoms with van der Waals surface area (Å²) in [7, 11) is 0.